The summed E-state index contributed by atoms with van der Waals surface area (Å²) in [5.74, 6) is -0.277. The number of benzene rings is 4. The number of carbonyl (C=O) groups is 1. The molecule has 4 aromatic carbocycles. The van der Waals surface area contributed by atoms with Crippen molar-refractivity contribution in [2.24, 2.45) is 0 Å². The van der Waals surface area contributed by atoms with Gasteiger partial charge in [-0.2, -0.15) is 0 Å². The van der Waals surface area contributed by atoms with Crippen LogP contribution in [0.5, 0.6) is 0 Å². The molecule has 7 heteroatoms. The van der Waals surface area contributed by atoms with Crippen LogP contribution in [-0.4, -0.2) is 15.9 Å². The van der Waals surface area contributed by atoms with E-state index in [0.717, 1.165) is 10.9 Å². The van der Waals surface area contributed by atoms with Crippen molar-refractivity contribution in [1.82, 2.24) is 9.97 Å². The average Bonchev–Trinajstić information content (AvgIpc) is 3.08. The Morgan fingerprint density at radius 3 is 1.05 bits per heavy atom. The molecule has 0 spiro atoms. The molecule has 0 saturated heterocycles. The molecule has 0 aliphatic carbocycles. The summed E-state index contributed by atoms with van der Waals surface area (Å²) in [7, 11) is 0. The summed E-state index contributed by atoms with van der Waals surface area (Å²) in [6.45, 7) is 1.55. The van der Waals surface area contributed by atoms with Crippen LogP contribution in [0.15, 0.2) is 170 Å². The molecule has 6 aromatic rings. The minimum atomic E-state index is -3.22. The Hall–Kier alpha value is -3.83. The van der Waals surface area contributed by atoms with E-state index in [1.54, 1.807) is 6.92 Å². The van der Waals surface area contributed by atoms with Crippen molar-refractivity contribution in [1.29, 1.82) is 0 Å². The Kier molecular flexibility index (Phi) is 8.99. The van der Waals surface area contributed by atoms with Crippen LogP contribution in [0.3, 0.4) is 0 Å². The summed E-state index contributed by atoms with van der Waals surface area (Å²) >= 11 is -2.49. The molecule has 0 radical (unpaired) electrons. The van der Waals surface area contributed by atoms with Gasteiger partial charge in [0.2, 0.25) is 0 Å². The van der Waals surface area contributed by atoms with Gasteiger partial charge in [-0.25, -0.2) is 0 Å². The molecule has 2 heterocycles. The van der Waals surface area contributed by atoms with Gasteiger partial charge in [-0.3, -0.25) is 0 Å². The van der Waals surface area contributed by atoms with Crippen LogP contribution in [0.25, 0.3) is 0 Å². The SMILES string of the molecule is CC(=O)[O][Pd]([PH](c1ccccc1)(c1ccccc1)c1ccccn1)[PH](c1ccccc1)(c1ccccc1)c1ccccn1. The van der Waals surface area contributed by atoms with E-state index in [1.807, 2.05) is 48.8 Å². The molecule has 0 bridgehead atoms. The zero-order valence-electron chi connectivity index (χ0n) is 23.7. The maximum atomic E-state index is 13.5. The van der Waals surface area contributed by atoms with Crippen LogP contribution >= 0.6 is 10.9 Å². The second kappa shape index (κ2) is 13.2. The Bertz CT molecular complexity index is 1440. The number of carbonyl (C=O) groups excluding carboxylic acids is 1. The molecule has 6 rings (SSSR count). The van der Waals surface area contributed by atoms with Gasteiger partial charge in [0.25, 0.3) is 0 Å². The summed E-state index contributed by atoms with van der Waals surface area (Å²) < 4.78 is 7.03. The van der Waals surface area contributed by atoms with Crippen LogP contribution in [0, 0.1) is 0 Å². The first kappa shape index (κ1) is 29.3. The fourth-order valence-corrected chi connectivity index (χ4v) is 45.3. The van der Waals surface area contributed by atoms with Crippen molar-refractivity contribution in [3.63, 3.8) is 0 Å². The van der Waals surface area contributed by atoms with E-state index in [4.69, 9.17) is 13.4 Å². The second-order valence-corrected chi connectivity index (χ2v) is 29.3. The molecule has 0 amide bonds. The third-order valence-corrected chi connectivity index (χ3v) is 38.5. The van der Waals surface area contributed by atoms with Crippen LogP contribution in [0.1, 0.15) is 6.92 Å². The first-order chi connectivity index (χ1) is 21.2. The number of rotatable bonds is 9. The van der Waals surface area contributed by atoms with Crippen LogP contribution in [-0.2, 0) is 24.4 Å². The Labute approximate surface area is 259 Å². The summed E-state index contributed by atoms with van der Waals surface area (Å²) in [4.78, 5) is 23.8. The van der Waals surface area contributed by atoms with Gasteiger partial charge in [-0.1, -0.05) is 0 Å². The molecular weight excluding hydrogens is 661 g/mol. The average molecular weight is 694 g/mol. The molecule has 0 atom stereocenters. The molecule has 0 N–H and O–H groups in total. The second-order valence-electron chi connectivity index (χ2n) is 9.88. The Balaban J connectivity index is 1.88. The summed E-state index contributed by atoms with van der Waals surface area (Å²) in [6.07, 6.45) is 3.74. The number of aromatic nitrogens is 2. The van der Waals surface area contributed by atoms with Crippen molar-refractivity contribution in [3.05, 3.63) is 170 Å². The third-order valence-electron chi connectivity index (χ3n) is 7.21. The van der Waals surface area contributed by atoms with Gasteiger partial charge in [0.15, 0.2) is 0 Å². The molecule has 0 aliphatic heterocycles. The van der Waals surface area contributed by atoms with E-state index in [-0.39, 0.29) is 5.97 Å². The van der Waals surface area contributed by atoms with Crippen molar-refractivity contribution < 1.29 is 24.4 Å². The van der Waals surface area contributed by atoms with Crippen molar-refractivity contribution in [3.8, 4) is 0 Å². The number of hydrogen-bond donors (Lipinski definition) is 0. The van der Waals surface area contributed by atoms with Crippen LogP contribution in [0.4, 0.5) is 0 Å². The number of hydrogen-bond acceptors (Lipinski definition) is 4. The quantitative estimate of drug-likeness (QED) is 0.155. The van der Waals surface area contributed by atoms with E-state index >= 15 is 0 Å². The van der Waals surface area contributed by atoms with Gasteiger partial charge in [0, 0.05) is 0 Å². The normalized spacial score (nSPS) is 12.6. The summed E-state index contributed by atoms with van der Waals surface area (Å²) in [5, 5.41) is 4.67. The molecule has 2 aromatic heterocycles. The zero-order valence-corrected chi connectivity index (χ0v) is 27.2. The maximum absolute atomic E-state index is 13.5. The molecule has 0 saturated carbocycles. The fraction of sp³-hybridized carbons (Fsp3) is 0.0278. The third kappa shape index (κ3) is 5.40. The van der Waals surface area contributed by atoms with Gasteiger partial charge >= 0.3 is 260 Å². The standard InChI is InChI=1S/2C17H14NP.C2H4O2.Pd/c2*1-3-9-15(10-4-1)19(16-11-5-2-6-12-16)17-13-7-8-14-18-17;1-2(3)4;/h2*1-14H;1H3,(H,3,4);/q;;;-1/p+1. The fourth-order valence-electron chi connectivity index (χ4n) is 5.51. The molecule has 0 aliphatic rings. The molecule has 4 nitrogen and oxygen atoms in total. The van der Waals surface area contributed by atoms with E-state index in [9.17, 15) is 4.79 Å². The Morgan fingerprint density at radius 2 is 0.791 bits per heavy atom. The van der Waals surface area contributed by atoms with E-state index < -0.39 is 27.0 Å². The number of pyridine rings is 2. The van der Waals surface area contributed by atoms with Crippen molar-refractivity contribution in [2.45, 2.75) is 6.92 Å². The van der Waals surface area contributed by atoms with Crippen molar-refractivity contribution in [2.75, 3.05) is 0 Å². The monoisotopic (exact) mass is 693 g/mol. The topological polar surface area (TPSA) is 52.1 Å². The molecule has 43 heavy (non-hydrogen) atoms. The van der Waals surface area contributed by atoms with E-state index in [2.05, 4.69) is 121 Å². The predicted molar refractivity (Wildman–Crippen MR) is 180 cm³/mol. The first-order valence-corrected chi connectivity index (χ1v) is 23.0. The predicted octanol–water partition coefficient (Wildman–Crippen LogP) is 5.16. The van der Waals surface area contributed by atoms with Gasteiger partial charge < -0.3 is 0 Å². The molecule has 0 fully saturated rings. The summed E-state index contributed by atoms with van der Waals surface area (Å²) in [5.41, 5.74) is -4.47. The van der Waals surface area contributed by atoms with E-state index in [0.29, 0.717) is 0 Å². The zero-order chi connectivity index (χ0) is 29.5. The van der Waals surface area contributed by atoms with Gasteiger partial charge in [0.05, 0.1) is 0 Å². The Morgan fingerprint density at radius 1 is 0.488 bits per heavy atom. The summed E-state index contributed by atoms with van der Waals surface area (Å²) in [6, 6.07) is 54.9. The van der Waals surface area contributed by atoms with Gasteiger partial charge in [0.1, 0.15) is 0 Å². The first-order valence-electron chi connectivity index (χ1n) is 14.0. The molecular formula is C36H33N2O2P2Pd. The van der Waals surface area contributed by atoms with Crippen LogP contribution in [0.2, 0.25) is 0 Å². The molecule has 219 valence electrons. The number of nitrogens with zero attached hydrogens (tertiary/aromatic N) is 2. The van der Waals surface area contributed by atoms with Gasteiger partial charge in [-0.15, -0.1) is 0 Å². The van der Waals surface area contributed by atoms with Crippen molar-refractivity contribution >= 4 is 49.0 Å². The molecule has 0 unspecified atom stereocenters. The van der Waals surface area contributed by atoms with E-state index in [1.165, 1.54) is 21.2 Å². The van der Waals surface area contributed by atoms with Crippen LogP contribution < -0.4 is 32.1 Å². The van der Waals surface area contributed by atoms with Gasteiger partial charge in [-0.05, 0) is 0 Å². The minimum absolute atomic E-state index is 0.277.